The van der Waals surface area contributed by atoms with E-state index in [4.69, 9.17) is 40.3 Å². The number of amides is 2. The van der Waals surface area contributed by atoms with Crippen LogP contribution in [0.3, 0.4) is 0 Å². The first-order valence-electron chi connectivity index (χ1n) is 16.4. The number of aliphatic imine (C=N–C) groups is 1. The van der Waals surface area contributed by atoms with Crippen LogP contribution < -0.4 is 10.6 Å². The molecule has 0 saturated heterocycles. The summed E-state index contributed by atoms with van der Waals surface area (Å²) in [6, 6.07) is 13.2. The minimum absolute atomic E-state index is 0.0965. The van der Waals surface area contributed by atoms with Crippen LogP contribution in [-0.4, -0.2) is 104 Å². The molecule has 2 amide bonds. The summed E-state index contributed by atoms with van der Waals surface area (Å²) in [5.74, 6) is 1.16. The molecule has 1 aliphatic rings. The first-order valence-corrected chi connectivity index (χ1v) is 16.8. The minimum atomic E-state index is -0.552. The van der Waals surface area contributed by atoms with Crippen LogP contribution >= 0.6 is 11.6 Å². The predicted octanol–water partition coefficient (Wildman–Crippen LogP) is 4.53. The molecule has 0 bridgehead atoms. The molecule has 1 aliphatic heterocycles. The molecular formula is C35H47ClN6O7. The summed E-state index contributed by atoms with van der Waals surface area (Å²) in [5.41, 5.74) is 4.08. The van der Waals surface area contributed by atoms with Gasteiger partial charge in [0.25, 0.3) is 0 Å². The molecule has 0 unspecified atom stereocenters. The van der Waals surface area contributed by atoms with Crippen molar-refractivity contribution in [2.24, 2.45) is 4.99 Å². The third kappa shape index (κ3) is 12.2. The Morgan fingerprint density at radius 3 is 2.02 bits per heavy atom. The van der Waals surface area contributed by atoms with Gasteiger partial charge in [0.15, 0.2) is 5.82 Å². The highest BCUT2D eigenvalue weighted by Crippen LogP contribution is 2.33. The number of halogens is 1. The highest BCUT2D eigenvalue weighted by Gasteiger charge is 2.29. The van der Waals surface area contributed by atoms with E-state index < -0.39 is 17.7 Å². The van der Waals surface area contributed by atoms with Crippen LogP contribution in [-0.2, 0) is 28.5 Å². The van der Waals surface area contributed by atoms with Gasteiger partial charge in [0, 0.05) is 29.2 Å². The summed E-state index contributed by atoms with van der Waals surface area (Å²) in [5, 5.41) is 15.0. The molecule has 0 aliphatic carbocycles. The zero-order chi connectivity index (χ0) is 35.2. The van der Waals surface area contributed by atoms with Crippen LogP contribution in [0.1, 0.15) is 61.6 Å². The van der Waals surface area contributed by atoms with Crippen LogP contribution in [0, 0.1) is 13.8 Å². The van der Waals surface area contributed by atoms with Gasteiger partial charge in [0.05, 0.1) is 70.7 Å². The minimum Gasteiger partial charge on any atom is -0.444 e. The van der Waals surface area contributed by atoms with E-state index in [0.29, 0.717) is 76.8 Å². The molecule has 2 aromatic carbocycles. The maximum atomic E-state index is 13.1. The van der Waals surface area contributed by atoms with Gasteiger partial charge in [0.2, 0.25) is 5.91 Å². The SMILES string of the molecule is Cc1ccc2c(c1)C(c1ccc(Cl)cc1)=N[C@@H](CC(=O)NCCOCCOCCOCCOCCNC(=O)OC(C)(C)C)c1nnc(C)n1-2. The first kappa shape index (κ1) is 37.9. The van der Waals surface area contributed by atoms with Crippen LogP contribution in [0.15, 0.2) is 47.5 Å². The molecule has 0 radical (unpaired) electrons. The van der Waals surface area contributed by atoms with E-state index in [2.05, 4.69) is 26.9 Å². The molecule has 4 rings (SSSR count). The Bertz CT molecular complexity index is 1550. The average Bonchev–Trinajstić information content (AvgIpc) is 3.37. The van der Waals surface area contributed by atoms with Gasteiger partial charge in [-0.15, -0.1) is 10.2 Å². The molecular weight excluding hydrogens is 652 g/mol. The maximum absolute atomic E-state index is 13.1. The Balaban J connectivity index is 1.13. The third-order valence-corrected chi connectivity index (χ3v) is 7.43. The fraction of sp³-hybridized carbons (Fsp3) is 0.514. The lowest BCUT2D eigenvalue weighted by Gasteiger charge is -2.19. The zero-order valence-corrected chi connectivity index (χ0v) is 29.7. The molecule has 0 saturated carbocycles. The number of carbonyl (C=O) groups excluding carboxylic acids is 2. The number of aryl methyl sites for hydroxylation is 2. The van der Waals surface area contributed by atoms with Gasteiger partial charge in [-0.1, -0.05) is 35.4 Å². The summed E-state index contributed by atoms with van der Waals surface area (Å²) in [7, 11) is 0. The lowest BCUT2D eigenvalue weighted by atomic mass is 9.98. The van der Waals surface area contributed by atoms with E-state index in [0.717, 1.165) is 33.9 Å². The van der Waals surface area contributed by atoms with Crippen molar-refractivity contribution in [1.82, 2.24) is 25.4 Å². The van der Waals surface area contributed by atoms with E-state index in [1.54, 1.807) is 0 Å². The van der Waals surface area contributed by atoms with Crippen molar-refractivity contribution in [2.45, 2.75) is 52.7 Å². The van der Waals surface area contributed by atoms with Crippen molar-refractivity contribution >= 4 is 29.3 Å². The molecule has 2 N–H and O–H groups in total. The van der Waals surface area contributed by atoms with Crippen LogP contribution in [0.25, 0.3) is 5.69 Å². The number of hydrogen-bond donors (Lipinski definition) is 2. The van der Waals surface area contributed by atoms with Crippen molar-refractivity contribution < 1.29 is 33.3 Å². The number of alkyl carbamates (subject to hydrolysis) is 1. The van der Waals surface area contributed by atoms with Crippen molar-refractivity contribution in [3.63, 3.8) is 0 Å². The van der Waals surface area contributed by atoms with Gasteiger partial charge >= 0.3 is 6.09 Å². The number of rotatable bonds is 18. The molecule has 49 heavy (non-hydrogen) atoms. The fourth-order valence-electron chi connectivity index (χ4n) is 5.00. The lowest BCUT2D eigenvalue weighted by molar-refractivity contribution is -0.121. The molecule has 1 aromatic heterocycles. The zero-order valence-electron chi connectivity index (χ0n) is 28.9. The van der Waals surface area contributed by atoms with Crippen molar-refractivity contribution in [3.8, 4) is 5.69 Å². The molecule has 0 fully saturated rings. The van der Waals surface area contributed by atoms with E-state index >= 15 is 0 Å². The van der Waals surface area contributed by atoms with E-state index in [9.17, 15) is 9.59 Å². The van der Waals surface area contributed by atoms with Gasteiger partial charge in [-0.2, -0.15) is 0 Å². The second kappa shape index (κ2) is 18.8. The number of fused-ring (bicyclic) bond motifs is 3. The molecule has 14 heteroatoms. The van der Waals surface area contributed by atoms with Gasteiger partial charge in [0.1, 0.15) is 17.5 Å². The highest BCUT2D eigenvalue weighted by atomic mass is 35.5. The first-order chi connectivity index (χ1) is 23.5. The van der Waals surface area contributed by atoms with E-state index in [1.165, 1.54) is 0 Å². The van der Waals surface area contributed by atoms with E-state index in [1.807, 2.05) is 75.6 Å². The second-order valence-electron chi connectivity index (χ2n) is 12.4. The van der Waals surface area contributed by atoms with Gasteiger partial charge < -0.3 is 34.3 Å². The molecule has 3 aromatic rings. The Labute approximate surface area is 292 Å². The Hall–Kier alpha value is -3.88. The maximum Gasteiger partial charge on any atom is 0.407 e. The molecule has 266 valence electrons. The predicted molar refractivity (Wildman–Crippen MR) is 186 cm³/mol. The van der Waals surface area contributed by atoms with Gasteiger partial charge in [-0.25, -0.2) is 4.79 Å². The van der Waals surface area contributed by atoms with Crippen LogP contribution in [0.4, 0.5) is 4.79 Å². The van der Waals surface area contributed by atoms with Gasteiger partial charge in [-0.3, -0.25) is 14.4 Å². The molecule has 1 atom stereocenters. The van der Waals surface area contributed by atoms with E-state index in [-0.39, 0.29) is 12.3 Å². The molecule has 13 nitrogen and oxygen atoms in total. The highest BCUT2D eigenvalue weighted by molar-refractivity contribution is 6.30. The summed E-state index contributed by atoms with van der Waals surface area (Å²) in [6.07, 6.45) is -0.369. The van der Waals surface area contributed by atoms with Crippen LogP contribution in [0.2, 0.25) is 5.02 Å². The molecule has 2 heterocycles. The summed E-state index contributed by atoms with van der Waals surface area (Å²) in [6.45, 7) is 13.3. The lowest BCUT2D eigenvalue weighted by Crippen LogP contribution is -2.34. The largest absolute Gasteiger partial charge is 0.444 e. The second-order valence-corrected chi connectivity index (χ2v) is 12.8. The van der Waals surface area contributed by atoms with Crippen molar-refractivity contribution in [2.75, 3.05) is 65.9 Å². The van der Waals surface area contributed by atoms with Crippen molar-refractivity contribution in [3.05, 3.63) is 75.8 Å². The number of nitrogens with one attached hydrogen (secondary N) is 2. The third-order valence-electron chi connectivity index (χ3n) is 7.18. The summed E-state index contributed by atoms with van der Waals surface area (Å²) >= 11 is 6.18. The van der Waals surface area contributed by atoms with Crippen molar-refractivity contribution in [1.29, 1.82) is 0 Å². The molecule has 0 spiro atoms. The Kier molecular flexibility index (Phi) is 14.5. The number of hydrogen-bond acceptors (Lipinski definition) is 10. The van der Waals surface area contributed by atoms with Gasteiger partial charge in [-0.05, 0) is 58.9 Å². The Morgan fingerprint density at radius 1 is 0.816 bits per heavy atom. The number of aromatic nitrogens is 3. The van der Waals surface area contributed by atoms with Crippen LogP contribution in [0.5, 0.6) is 0 Å². The number of benzene rings is 2. The number of carbonyl (C=O) groups is 2. The number of nitrogens with zero attached hydrogens (tertiary/aromatic N) is 4. The summed E-state index contributed by atoms with van der Waals surface area (Å²) < 4.78 is 29.2. The topological polar surface area (TPSA) is 147 Å². The smallest absolute Gasteiger partial charge is 0.407 e. The number of ether oxygens (including phenoxy) is 5. The average molecular weight is 699 g/mol. The fourth-order valence-corrected chi connectivity index (χ4v) is 5.12. The summed E-state index contributed by atoms with van der Waals surface area (Å²) in [4.78, 5) is 29.7. The monoisotopic (exact) mass is 698 g/mol. The standard InChI is InChI=1S/C35H47ClN6O7/c1-24-6-11-30-28(22-24)32(26-7-9-27(36)10-8-26)39-29(33-41-40-25(2)42(30)33)23-31(43)37-12-14-45-16-18-47-20-21-48-19-17-46-15-13-38-34(44)49-35(3,4)5/h6-11,22,29H,12-21,23H2,1-5H3,(H,37,43)(H,38,44)/t29-/m0/s1. The normalized spacial score (nSPS) is 14.0. The Morgan fingerprint density at radius 2 is 1.41 bits per heavy atom. The quantitative estimate of drug-likeness (QED) is 0.183.